The summed E-state index contributed by atoms with van der Waals surface area (Å²) in [5, 5.41) is 2.96. The third-order valence-electron chi connectivity index (χ3n) is 7.31. The van der Waals surface area contributed by atoms with Crippen LogP contribution >= 0.6 is 0 Å². The van der Waals surface area contributed by atoms with Crippen LogP contribution in [0.15, 0.2) is 11.0 Å². The highest BCUT2D eigenvalue weighted by Crippen LogP contribution is 2.32. The summed E-state index contributed by atoms with van der Waals surface area (Å²) < 4.78 is 28.5. The van der Waals surface area contributed by atoms with Crippen LogP contribution in [-0.4, -0.2) is 61.7 Å². The Balaban J connectivity index is 1.60. The van der Waals surface area contributed by atoms with E-state index in [1.54, 1.807) is 4.31 Å². The van der Waals surface area contributed by atoms with E-state index in [1.165, 1.54) is 0 Å². The summed E-state index contributed by atoms with van der Waals surface area (Å²) in [6.07, 6.45) is 2.44. The molecule has 0 aliphatic carbocycles. The Hall–Kier alpha value is -1.93. The molecular formula is C25H39N3O4S. The van der Waals surface area contributed by atoms with Crippen molar-refractivity contribution in [3.63, 3.8) is 0 Å². The van der Waals surface area contributed by atoms with Gasteiger partial charge in [-0.2, -0.15) is 4.31 Å². The van der Waals surface area contributed by atoms with E-state index in [1.807, 2.05) is 52.5 Å². The Labute approximate surface area is 199 Å². The molecule has 0 atom stereocenters. The van der Waals surface area contributed by atoms with E-state index in [0.717, 1.165) is 22.3 Å². The largest absolute Gasteiger partial charge is 0.354 e. The lowest BCUT2D eigenvalue weighted by Gasteiger charge is -2.37. The summed E-state index contributed by atoms with van der Waals surface area (Å²) in [6.45, 7) is 13.4. The molecular weight excluding hydrogens is 438 g/mol. The quantitative estimate of drug-likeness (QED) is 0.706. The molecule has 2 saturated heterocycles. The Morgan fingerprint density at radius 2 is 1.36 bits per heavy atom. The van der Waals surface area contributed by atoms with Gasteiger partial charge in [0.15, 0.2) is 0 Å². The predicted molar refractivity (Wildman–Crippen MR) is 129 cm³/mol. The Morgan fingerprint density at radius 1 is 0.879 bits per heavy atom. The van der Waals surface area contributed by atoms with Gasteiger partial charge in [0.2, 0.25) is 21.8 Å². The normalized spacial score (nSPS) is 19.2. The third-order valence-corrected chi connectivity index (χ3v) is 9.48. The van der Waals surface area contributed by atoms with Crippen molar-refractivity contribution in [1.82, 2.24) is 14.5 Å². The monoisotopic (exact) mass is 477 g/mol. The molecule has 0 spiro atoms. The predicted octanol–water partition coefficient (Wildman–Crippen LogP) is 3.08. The fourth-order valence-electron chi connectivity index (χ4n) is 5.06. The van der Waals surface area contributed by atoms with Crippen LogP contribution in [0.3, 0.4) is 0 Å². The number of hydrogen-bond acceptors (Lipinski definition) is 4. The number of carbonyl (C=O) groups is 2. The van der Waals surface area contributed by atoms with E-state index >= 15 is 0 Å². The van der Waals surface area contributed by atoms with Crippen LogP contribution in [0.25, 0.3) is 0 Å². The van der Waals surface area contributed by atoms with Gasteiger partial charge in [-0.1, -0.05) is 6.07 Å². The lowest BCUT2D eigenvalue weighted by atomic mass is 9.92. The molecule has 33 heavy (non-hydrogen) atoms. The smallest absolute Gasteiger partial charge is 0.243 e. The molecule has 2 heterocycles. The summed E-state index contributed by atoms with van der Waals surface area (Å²) in [4.78, 5) is 27.6. The van der Waals surface area contributed by atoms with Crippen LogP contribution in [0.2, 0.25) is 0 Å². The average Bonchev–Trinajstić information content (AvgIpc) is 2.77. The van der Waals surface area contributed by atoms with Crippen molar-refractivity contribution in [2.24, 2.45) is 11.8 Å². The second-order valence-corrected chi connectivity index (χ2v) is 11.9. The van der Waals surface area contributed by atoms with Gasteiger partial charge < -0.3 is 10.2 Å². The zero-order valence-electron chi connectivity index (χ0n) is 20.9. The number of nitrogens with zero attached hydrogens (tertiary/aromatic N) is 2. The summed E-state index contributed by atoms with van der Waals surface area (Å²) in [5.41, 5.74) is 3.57. The number of piperidine rings is 2. The van der Waals surface area contributed by atoms with E-state index in [0.29, 0.717) is 56.8 Å². The van der Waals surface area contributed by atoms with E-state index in [4.69, 9.17) is 0 Å². The summed E-state index contributed by atoms with van der Waals surface area (Å²) in [6, 6.07) is 2.15. The minimum absolute atomic E-state index is 0.0345. The molecule has 0 aromatic heterocycles. The lowest BCUT2D eigenvalue weighted by Crippen LogP contribution is -2.48. The number of sulfonamides is 1. The summed E-state index contributed by atoms with van der Waals surface area (Å²) in [5.74, 6) is -0.00671. The van der Waals surface area contributed by atoms with Crippen LogP contribution in [0.1, 0.15) is 61.8 Å². The van der Waals surface area contributed by atoms with Crippen LogP contribution in [-0.2, 0) is 19.6 Å². The van der Waals surface area contributed by atoms with Crippen molar-refractivity contribution in [1.29, 1.82) is 0 Å². The SMILES string of the molecule is Cc1cc(C)c(C)c(S(=O)(=O)N2CCC(C(=O)N3CCC(C(=O)NC(C)C)CC3)CC2)c1C. The first kappa shape index (κ1) is 25.7. The molecule has 2 fully saturated rings. The molecule has 1 aromatic rings. The van der Waals surface area contributed by atoms with Gasteiger partial charge >= 0.3 is 0 Å². The van der Waals surface area contributed by atoms with Gasteiger partial charge in [0.05, 0.1) is 4.90 Å². The molecule has 8 heteroatoms. The van der Waals surface area contributed by atoms with Crippen molar-refractivity contribution in [3.05, 3.63) is 28.3 Å². The van der Waals surface area contributed by atoms with Gasteiger partial charge in [0.25, 0.3) is 0 Å². The number of amides is 2. The second kappa shape index (κ2) is 10.1. The highest BCUT2D eigenvalue weighted by Gasteiger charge is 2.37. The first-order chi connectivity index (χ1) is 15.4. The second-order valence-electron chi connectivity index (χ2n) is 10.0. The zero-order valence-corrected chi connectivity index (χ0v) is 21.7. The van der Waals surface area contributed by atoms with Crippen molar-refractivity contribution < 1.29 is 18.0 Å². The van der Waals surface area contributed by atoms with E-state index in [9.17, 15) is 18.0 Å². The van der Waals surface area contributed by atoms with Gasteiger partial charge in [0, 0.05) is 44.1 Å². The fourth-order valence-corrected chi connectivity index (χ4v) is 7.11. The Morgan fingerprint density at radius 3 is 1.85 bits per heavy atom. The standard InChI is InChI=1S/C25H39N3O4S/c1-16(2)26-24(29)21-7-11-27(12-8-21)25(30)22-9-13-28(14-10-22)33(31,32)23-19(5)17(3)15-18(4)20(23)6/h15-16,21-22H,7-14H2,1-6H3,(H,26,29). The minimum Gasteiger partial charge on any atom is -0.354 e. The molecule has 1 N–H and O–H groups in total. The number of hydrogen-bond donors (Lipinski definition) is 1. The molecule has 7 nitrogen and oxygen atoms in total. The van der Waals surface area contributed by atoms with Gasteiger partial charge in [-0.15, -0.1) is 0 Å². The van der Waals surface area contributed by atoms with Crippen molar-refractivity contribution in [2.45, 2.75) is 78.2 Å². The zero-order chi connectivity index (χ0) is 24.5. The van der Waals surface area contributed by atoms with Crippen LogP contribution in [0.5, 0.6) is 0 Å². The molecule has 0 unspecified atom stereocenters. The first-order valence-corrected chi connectivity index (χ1v) is 13.5. The van der Waals surface area contributed by atoms with E-state index < -0.39 is 10.0 Å². The van der Waals surface area contributed by atoms with Crippen molar-refractivity contribution in [3.8, 4) is 0 Å². The summed E-state index contributed by atoms with van der Waals surface area (Å²) in [7, 11) is -3.61. The number of rotatable bonds is 5. The van der Waals surface area contributed by atoms with Gasteiger partial charge in [0.1, 0.15) is 0 Å². The molecule has 3 rings (SSSR count). The highest BCUT2D eigenvalue weighted by molar-refractivity contribution is 7.89. The summed E-state index contributed by atoms with van der Waals surface area (Å²) >= 11 is 0. The van der Waals surface area contributed by atoms with E-state index in [-0.39, 0.29) is 29.7 Å². The maximum atomic E-state index is 13.5. The number of aryl methyl sites for hydroxylation is 2. The number of likely N-dealkylation sites (tertiary alicyclic amines) is 1. The van der Waals surface area contributed by atoms with Crippen molar-refractivity contribution in [2.75, 3.05) is 26.2 Å². The highest BCUT2D eigenvalue weighted by atomic mass is 32.2. The number of benzene rings is 1. The molecule has 0 radical (unpaired) electrons. The van der Waals surface area contributed by atoms with Crippen molar-refractivity contribution >= 4 is 21.8 Å². The van der Waals surface area contributed by atoms with Crippen LogP contribution in [0.4, 0.5) is 0 Å². The van der Waals surface area contributed by atoms with Crippen LogP contribution < -0.4 is 5.32 Å². The average molecular weight is 478 g/mol. The van der Waals surface area contributed by atoms with Gasteiger partial charge in [-0.25, -0.2) is 8.42 Å². The Kier molecular flexibility index (Phi) is 7.89. The molecule has 1 aromatic carbocycles. The molecule has 0 bridgehead atoms. The number of nitrogens with one attached hydrogen (secondary N) is 1. The first-order valence-electron chi connectivity index (χ1n) is 12.1. The van der Waals surface area contributed by atoms with Crippen LogP contribution in [0, 0.1) is 39.5 Å². The third kappa shape index (κ3) is 5.43. The lowest BCUT2D eigenvalue weighted by molar-refractivity contribution is -0.140. The maximum Gasteiger partial charge on any atom is 0.243 e. The minimum atomic E-state index is -3.61. The van der Waals surface area contributed by atoms with Gasteiger partial charge in [-0.3, -0.25) is 9.59 Å². The molecule has 2 aliphatic rings. The molecule has 2 amide bonds. The van der Waals surface area contributed by atoms with Gasteiger partial charge in [-0.05, 0) is 89.5 Å². The topological polar surface area (TPSA) is 86.8 Å². The molecule has 2 aliphatic heterocycles. The molecule has 184 valence electrons. The van der Waals surface area contributed by atoms with E-state index in [2.05, 4.69) is 5.32 Å². The Bertz CT molecular complexity index is 977. The maximum absolute atomic E-state index is 13.5. The number of carbonyl (C=O) groups excluding carboxylic acids is 2. The fraction of sp³-hybridized carbons (Fsp3) is 0.680. The molecule has 0 saturated carbocycles.